The number of nitrogens with two attached hydrogens (primary N) is 1. The second kappa shape index (κ2) is 33.0. The first kappa shape index (κ1) is 64.0. The van der Waals surface area contributed by atoms with Crippen LogP contribution < -0.4 is 15.5 Å². The standard InChI is InChI=1S/C21H26N2.C14H12O2.C9H7F3O2.C9H11I.C7H9N.C7H8O/c1-14-9-16(3)20(17(4)10-14)22-7-8-23(13-22)21-18(5)11-15(2)12-19(21)6;15-14(13-9-5-2-6-10-13)16-11-12-7-3-1-4-8-12;10-9(11,12)6-14-8(13)7-4-2-1-3-5-7;1-6-4-7(2)9(10)8(3)5-6;2*8-6-7-4-2-1-3-5-7/h7-12H,13H2,1-6H3;1-10H,11H2;1-5H,6H2;4-5H,1-3H3;1-5H,6,8H2;1-5,8H,6H2. The Morgan fingerprint density at radius 2 is 0.810 bits per heavy atom. The largest absolute Gasteiger partial charge is 0.457 e. The zero-order chi connectivity index (χ0) is 57.9. The van der Waals surface area contributed by atoms with Crippen LogP contribution in [0.25, 0.3) is 0 Å². The molecule has 8 aromatic carbocycles. The Balaban J connectivity index is 0.000000214. The van der Waals surface area contributed by atoms with Gasteiger partial charge in [-0.2, -0.15) is 13.2 Å². The Hall–Kier alpha value is -7.52. The first-order valence-corrected chi connectivity index (χ1v) is 26.8. The lowest BCUT2D eigenvalue weighted by molar-refractivity contribution is -0.161. The van der Waals surface area contributed by atoms with Crippen molar-refractivity contribution in [2.45, 2.75) is 88.2 Å². The minimum absolute atomic E-state index is 0.108. The number of carbonyl (C=O) groups excluding carboxylic acids is 2. The smallest absolute Gasteiger partial charge is 0.422 e. The summed E-state index contributed by atoms with van der Waals surface area (Å²) in [6, 6.07) is 59.2. The van der Waals surface area contributed by atoms with Gasteiger partial charge in [-0.15, -0.1) is 0 Å². The maximum Gasteiger partial charge on any atom is 0.422 e. The van der Waals surface area contributed by atoms with Crippen LogP contribution in [0.4, 0.5) is 24.5 Å². The first-order valence-electron chi connectivity index (χ1n) is 25.7. The summed E-state index contributed by atoms with van der Waals surface area (Å²) in [7, 11) is 0. The predicted molar refractivity (Wildman–Crippen MR) is 325 cm³/mol. The average molecular weight is 1180 g/mol. The second-order valence-corrected chi connectivity index (χ2v) is 20.0. The third kappa shape index (κ3) is 22.8. The number of hydrogen-bond donors (Lipinski definition) is 2. The van der Waals surface area contributed by atoms with Gasteiger partial charge in [-0.05, 0) is 159 Å². The molecule has 0 aliphatic carbocycles. The van der Waals surface area contributed by atoms with E-state index < -0.39 is 18.8 Å². The molecule has 9 rings (SSSR count). The molecule has 0 spiro atoms. The molecular weight excluding hydrogens is 1110 g/mol. The van der Waals surface area contributed by atoms with E-state index in [1.165, 1.54) is 82.7 Å². The molecule has 0 fully saturated rings. The molecule has 79 heavy (non-hydrogen) atoms. The highest BCUT2D eigenvalue weighted by atomic mass is 127. The summed E-state index contributed by atoms with van der Waals surface area (Å²) >= 11 is 2.39. The Bertz CT molecular complexity index is 2970. The van der Waals surface area contributed by atoms with Crippen molar-refractivity contribution < 1.29 is 37.3 Å². The summed E-state index contributed by atoms with van der Waals surface area (Å²) in [5, 5.41) is 8.54. The lowest BCUT2D eigenvalue weighted by atomic mass is 10.0. The Morgan fingerprint density at radius 1 is 0.494 bits per heavy atom. The average Bonchev–Trinajstić information content (AvgIpc) is 3.98. The number of halogens is 4. The number of nitrogens with zero attached hydrogens (tertiary/aromatic N) is 2. The van der Waals surface area contributed by atoms with E-state index in [4.69, 9.17) is 15.6 Å². The van der Waals surface area contributed by atoms with Gasteiger partial charge in [0.1, 0.15) is 6.61 Å². The van der Waals surface area contributed by atoms with E-state index in [0.717, 1.165) is 17.8 Å². The van der Waals surface area contributed by atoms with Gasteiger partial charge >= 0.3 is 18.1 Å². The molecule has 0 amide bonds. The molecule has 1 heterocycles. The molecule has 414 valence electrons. The van der Waals surface area contributed by atoms with E-state index >= 15 is 0 Å². The highest BCUT2D eigenvalue weighted by Gasteiger charge is 2.29. The van der Waals surface area contributed by atoms with Crippen molar-refractivity contribution in [3.63, 3.8) is 0 Å². The summed E-state index contributed by atoms with van der Waals surface area (Å²) in [5.41, 5.74) is 24.0. The minimum Gasteiger partial charge on any atom is -0.457 e. The molecule has 0 saturated heterocycles. The fourth-order valence-corrected chi connectivity index (χ4v) is 8.82. The van der Waals surface area contributed by atoms with Crippen LogP contribution in [0.3, 0.4) is 0 Å². The van der Waals surface area contributed by atoms with E-state index in [0.29, 0.717) is 18.7 Å². The molecule has 0 atom stereocenters. The van der Waals surface area contributed by atoms with Crippen LogP contribution >= 0.6 is 22.6 Å². The number of aryl methyl sites for hydroxylation is 9. The van der Waals surface area contributed by atoms with Gasteiger partial charge in [0.05, 0.1) is 24.4 Å². The number of aliphatic hydroxyl groups is 1. The van der Waals surface area contributed by atoms with Crippen molar-refractivity contribution in [3.05, 3.63) is 282 Å². The topological polar surface area (TPSA) is 105 Å². The van der Waals surface area contributed by atoms with Gasteiger partial charge < -0.3 is 30.1 Å². The van der Waals surface area contributed by atoms with Crippen molar-refractivity contribution in [2.75, 3.05) is 23.1 Å². The molecule has 0 unspecified atom stereocenters. The number of alkyl halides is 3. The zero-order valence-corrected chi connectivity index (χ0v) is 48.8. The molecule has 0 saturated carbocycles. The maximum atomic E-state index is 11.7. The first-order chi connectivity index (χ1) is 37.7. The van der Waals surface area contributed by atoms with E-state index in [1.807, 2.05) is 109 Å². The van der Waals surface area contributed by atoms with Crippen molar-refractivity contribution >= 4 is 45.9 Å². The molecule has 1 aliphatic rings. The molecule has 8 aromatic rings. The number of ether oxygens (including phenoxy) is 2. The van der Waals surface area contributed by atoms with Crippen LogP contribution in [0.1, 0.15) is 87.5 Å². The fourth-order valence-electron chi connectivity index (χ4n) is 8.51. The molecule has 0 aromatic heterocycles. The summed E-state index contributed by atoms with van der Waals surface area (Å²) in [6.45, 7) is 20.0. The van der Waals surface area contributed by atoms with Gasteiger partial charge in [0.15, 0.2) is 6.61 Å². The third-order valence-electron chi connectivity index (χ3n) is 11.9. The van der Waals surface area contributed by atoms with Gasteiger partial charge in [0.2, 0.25) is 0 Å². The van der Waals surface area contributed by atoms with Crippen LogP contribution in [0.5, 0.6) is 0 Å². The summed E-state index contributed by atoms with van der Waals surface area (Å²) < 4.78 is 45.6. The molecule has 3 N–H and O–H groups in total. The molecular formula is C67H73F3IN3O5. The maximum absolute atomic E-state index is 11.7. The summed E-state index contributed by atoms with van der Waals surface area (Å²) in [4.78, 5) is 27.3. The van der Waals surface area contributed by atoms with Gasteiger partial charge in [0.25, 0.3) is 0 Å². The number of benzene rings is 8. The van der Waals surface area contributed by atoms with Crippen molar-refractivity contribution in [1.82, 2.24) is 0 Å². The Kier molecular flexibility index (Phi) is 26.8. The van der Waals surface area contributed by atoms with Gasteiger partial charge in [-0.1, -0.05) is 180 Å². The minimum atomic E-state index is -4.48. The van der Waals surface area contributed by atoms with Crippen molar-refractivity contribution in [2.24, 2.45) is 5.73 Å². The number of anilines is 2. The van der Waals surface area contributed by atoms with E-state index in [1.54, 1.807) is 30.3 Å². The molecule has 12 heteroatoms. The van der Waals surface area contributed by atoms with Gasteiger partial charge in [-0.25, -0.2) is 9.59 Å². The highest BCUT2D eigenvalue weighted by Crippen LogP contribution is 2.33. The van der Waals surface area contributed by atoms with Crippen LogP contribution in [0.2, 0.25) is 0 Å². The molecule has 8 nitrogen and oxygen atoms in total. The number of hydrogen-bond acceptors (Lipinski definition) is 8. The quantitative estimate of drug-likeness (QED) is 0.109. The number of aliphatic hydroxyl groups excluding tert-OH is 1. The SMILES string of the molecule is Cc1cc(C)c(I)c(C)c1.Cc1cc(C)c(N2C=CN(c3c(C)cc(C)cc3C)C2)c(C)c1.NCc1ccccc1.O=C(OCC(F)(F)F)c1ccccc1.O=C(OCc1ccccc1)c1ccccc1.OCc1ccccc1. The molecule has 1 aliphatic heterocycles. The van der Waals surface area contributed by atoms with Crippen molar-refractivity contribution in [3.8, 4) is 0 Å². The number of carbonyl (C=O) groups is 2. The predicted octanol–water partition coefficient (Wildman–Crippen LogP) is 16.3. The van der Waals surface area contributed by atoms with E-state index in [2.05, 4.69) is 148 Å². The lowest BCUT2D eigenvalue weighted by Crippen LogP contribution is -2.26. The number of esters is 2. The lowest BCUT2D eigenvalue weighted by Gasteiger charge is -2.27. The zero-order valence-electron chi connectivity index (χ0n) is 46.7. The second-order valence-electron chi connectivity index (χ2n) is 18.9. The third-order valence-corrected chi connectivity index (χ3v) is 13.6. The Labute approximate surface area is 479 Å². The van der Waals surface area contributed by atoms with Crippen LogP contribution in [-0.4, -0.2) is 36.5 Å². The highest BCUT2D eigenvalue weighted by molar-refractivity contribution is 14.1. The monoisotopic (exact) mass is 1180 g/mol. The normalized spacial score (nSPS) is 11.1. The van der Waals surface area contributed by atoms with E-state index in [-0.39, 0.29) is 18.1 Å². The summed E-state index contributed by atoms with van der Waals surface area (Å²) in [5.74, 6) is -1.26. The summed E-state index contributed by atoms with van der Waals surface area (Å²) in [6.07, 6.45) is -0.0861. The molecule has 0 bridgehead atoms. The van der Waals surface area contributed by atoms with Crippen molar-refractivity contribution in [1.29, 1.82) is 0 Å². The van der Waals surface area contributed by atoms with E-state index in [9.17, 15) is 22.8 Å². The Morgan fingerprint density at radius 3 is 1.13 bits per heavy atom. The molecule has 0 radical (unpaired) electrons. The van der Waals surface area contributed by atoms with Crippen LogP contribution in [0, 0.1) is 65.9 Å². The van der Waals surface area contributed by atoms with Crippen LogP contribution in [-0.2, 0) is 29.2 Å². The van der Waals surface area contributed by atoms with Gasteiger partial charge in [0, 0.05) is 33.9 Å². The van der Waals surface area contributed by atoms with Crippen LogP contribution in [0.15, 0.2) is 200 Å². The fraction of sp³-hybridized carbons (Fsp3) is 0.224. The number of rotatable bonds is 9. The van der Waals surface area contributed by atoms with Gasteiger partial charge in [-0.3, -0.25) is 0 Å².